The number of hydrogen-bond acceptors (Lipinski definition) is 7. The van der Waals surface area contributed by atoms with E-state index in [1.54, 1.807) is 11.8 Å². The third-order valence-corrected chi connectivity index (χ3v) is 4.96. The Kier molecular flexibility index (Phi) is 5.83. The number of rotatable bonds is 7. The van der Waals surface area contributed by atoms with Gasteiger partial charge in [0.2, 0.25) is 5.95 Å². The Hall–Kier alpha value is -3.88. The molecule has 0 spiro atoms. The van der Waals surface area contributed by atoms with Crippen LogP contribution < -0.4 is 20.1 Å². The van der Waals surface area contributed by atoms with Gasteiger partial charge in [-0.1, -0.05) is 36.3 Å². The fraction of sp³-hybridized carbons (Fsp3) is 0.273. The van der Waals surface area contributed by atoms with Gasteiger partial charge in [-0.15, -0.1) is 0 Å². The fourth-order valence-electron chi connectivity index (χ4n) is 3.52. The minimum atomic E-state index is -0.538. The number of aromatic nitrogens is 4. The van der Waals surface area contributed by atoms with Crippen molar-refractivity contribution in [3.05, 3.63) is 65.4 Å². The van der Waals surface area contributed by atoms with Crippen molar-refractivity contribution >= 4 is 17.5 Å². The summed E-state index contributed by atoms with van der Waals surface area (Å²) in [6.07, 6.45) is 0.888. The minimum Gasteiger partial charge on any atom is -0.493 e. The molecule has 1 amide bonds. The molecule has 160 valence electrons. The number of hydrogen-bond donors (Lipinski definition) is 2. The molecule has 0 radical (unpaired) electrons. The number of nitrogens with one attached hydrogen (secondary N) is 2. The van der Waals surface area contributed by atoms with Crippen molar-refractivity contribution in [2.75, 3.05) is 24.4 Å². The first kappa shape index (κ1) is 20.4. The van der Waals surface area contributed by atoms with Gasteiger partial charge in [0.15, 0.2) is 11.5 Å². The van der Waals surface area contributed by atoms with E-state index in [0.29, 0.717) is 41.0 Å². The monoisotopic (exact) mass is 420 g/mol. The van der Waals surface area contributed by atoms with Gasteiger partial charge >= 0.3 is 0 Å². The second kappa shape index (κ2) is 8.86. The molecule has 2 heterocycles. The minimum absolute atomic E-state index is 0.243. The highest BCUT2D eigenvalue weighted by Crippen LogP contribution is 2.38. The highest BCUT2D eigenvalue weighted by atomic mass is 16.5. The molecule has 3 aromatic rings. The van der Waals surface area contributed by atoms with Gasteiger partial charge < -0.3 is 20.1 Å². The molecular weight excluding hydrogens is 396 g/mol. The van der Waals surface area contributed by atoms with Crippen LogP contribution in [0.2, 0.25) is 0 Å². The second-order valence-electron chi connectivity index (χ2n) is 7.09. The van der Waals surface area contributed by atoms with Crippen LogP contribution in [0.25, 0.3) is 0 Å². The first-order valence-corrected chi connectivity index (χ1v) is 10.0. The summed E-state index contributed by atoms with van der Waals surface area (Å²) in [5, 5.41) is 18.0. The van der Waals surface area contributed by atoms with E-state index in [1.807, 2.05) is 62.4 Å². The van der Waals surface area contributed by atoms with Crippen molar-refractivity contribution in [1.29, 1.82) is 0 Å². The number of tetrazole rings is 1. The Labute approximate surface area is 180 Å². The van der Waals surface area contributed by atoms with E-state index in [0.717, 1.165) is 12.0 Å². The van der Waals surface area contributed by atoms with Gasteiger partial charge in [0, 0.05) is 11.4 Å². The van der Waals surface area contributed by atoms with Crippen molar-refractivity contribution in [2.24, 2.45) is 0 Å². The number of carbonyl (C=O) groups excluding carboxylic acids is 1. The molecule has 0 fully saturated rings. The molecule has 9 heteroatoms. The van der Waals surface area contributed by atoms with E-state index in [4.69, 9.17) is 9.47 Å². The number of ether oxygens (including phenoxy) is 2. The average molecular weight is 420 g/mol. The Bertz CT molecular complexity index is 1110. The van der Waals surface area contributed by atoms with Gasteiger partial charge in [-0.05, 0) is 53.6 Å². The van der Waals surface area contributed by atoms with Crippen LogP contribution in [0.3, 0.4) is 0 Å². The molecule has 31 heavy (non-hydrogen) atoms. The zero-order chi connectivity index (χ0) is 21.8. The molecule has 9 nitrogen and oxygen atoms in total. The molecule has 4 rings (SSSR count). The zero-order valence-electron chi connectivity index (χ0n) is 17.6. The van der Waals surface area contributed by atoms with Crippen molar-refractivity contribution in [3.63, 3.8) is 0 Å². The maximum absolute atomic E-state index is 13.3. The number of fused-ring (bicyclic) bond motifs is 1. The van der Waals surface area contributed by atoms with Crippen LogP contribution in [0.4, 0.5) is 11.6 Å². The van der Waals surface area contributed by atoms with Gasteiger partial charge in [0.05, 0.1) is 19.3 Å². The molecule has 1 aromatic heterocycles. The molecule has 0 unspecified atom stereocenters. The third kappa shape index (κ3) is 4.07. The van der Waals surface area contributed by atoms with Crippen molar-refractivity contribution < 1.29 is 14.3 Å². The van der Waals surface area contributed by atoms with Gasteiger partial charge in [0.25, 0.3) is 5.91 Å². The van der Waals surface area contributed by atoms with Gasteiger partial charge in [-0.2, -0.15) is 4.68 Å². The first-order chi connectivity index (χ1) is 15.1. The maximum atomic E-state index is 13.3. The summed E-state index contributed by atoms with van der Waals surface area (Å²) in [6.45, 7) is 4.46. The largest absolute Gasteiger partial charge is 0.493 e. The molecule has 0 saturated heterocycles. The lowest BCUT2D eigenvalue weighted by Gasteiger charge is -2.28. The normalized spacial score (nSPS) is 15.1. The number of nitrogens with zero attached hydrogens (tertiary/aromatic N) is 4. The quantitative estimate of drug-likeness (QED) is 0.604. The van der Waals surface area contributed by atoms with Crippen LogP contribution in [0.15, 0.2) is 59.8 Å². The second-order valence-corrected chi connectivity index (χ2v) is 7.09. The molecule has 2 N–H and O–H groups in total. The van der Waals surface area contributed by atoms with E-state index in [-0.39, 0.29) is 5.91 Å². The number of allylic oxidation sites excluding steroid dienone is 1. The van der Waals surface area contributed by atoms with Crippen LogP contribution in [-0.4, -0.2) is 39.8 Å². The standard InChI is InChI=1S/C22H24N6O3/c1-4-12-31-17-11-10-15(13-18(17)30-3)20-19(14(2)23-22-25-26-27-28(20)22)21(29)24-16-8-6-5-7-9-16/h5-11,13,20H,4,12H2,1-3H3,(H,24,29)(H,23,25,27)/t20-/m1/s1. The van der Waals surface area contributed by atoms with E-state index in [9.17, 15) is 4.79 Å². The molecule has 2 aromatic carbocycles. The summed E-state index contributed by atoms with van der Waals surface area (Å²) < 4.78 is 12.9. The highest BCUT2D eigenvalue weighted by molar-refractivity contribution is 6.06. The third-order valence-electron chi connectivity index (χ3n) is 4.96. The zero-order valence-corrected chi connectivity index (χ0v) is 17.6. The number of anilines is 2. The Morgan fingerprint density at radius 2 is 2.00 bits per heavy atom. The van der Waals surface area contributed by atoms with Gasteiger partial charge in [-0.25, -0.2) is 0 Å². The maximum Gasteiger partial charge on any atom is 0.255 e. The van der Waals surface area contributed by atoms with Crippen molar-refractivity contribution in [3.8, 4) is 11.5 Å². The lowest BCUT2D eigenvalue weighted by atomic mass is 9.94. The van der Waals surface area contributed by atoms with Crippen molar-refractivity contribution in [1.82, 2.24) is 20.2 Å². The van der Waals surface area contributed by atoms with Crippen LogP contribution in [0.5, 0.6) is 11.5 Å². The topological polar surface area (TPSA) is 103 Å². The van der Waals surface area contributed by atoms with Crippen molar-refractivity contribution in [2.45, 2.75) is 26.3 Å². The molecule has 0 bridgehead atoms. The number of para-hydroxylation sites is 1. The Balaban J connectivity index is 1.75. The predicted octanol–water partition coefficient (Wildman–Crippen LogP) is 3.40. The highest BCUT2D eigenvalue weighted by Gasteiger charge is 2.34. The summed E-state index contributed by atoms with van der Waals surface area (Å²) >= 11 is 0. The van der Waals surface area contributed by atoms with Crippen LogP contribution >= 0.6 is 0 Å². The molecule has 1 aliphatic heterocycles. The fourth-order valence-corrected chi connectivity index (χ4v) is 3.52. The number of amides is 1. The van der Waals surface area contributed by atoms with Crippen LogP contribution in [0, 0.1) is 0 Å². The lowest BCUT2D eigenvalue weighted by molar-refractivity contribution is -0.113. The molecule has 0 saturated carbocycles. The average Bonchev–Trinajstić information content (AvgIpc) is 3.25. The van der Waals surface area contributed by atoms with Gasteiger partial charge in [0.1, 0.15) is 6.04 Å². The first-order valence-electron chi connectivity index (χ1n) is 10.0. The summed E-state index contributed by atoms with van der Waals surface area (Å²) in [4.78, 5) is 13.3. The molecule has 1 aliphatic rings. The van der Waals surface area contributed by atoms with E-state index in [2.05, 4.69) is 26.2 Å². The molecule has 1 atom stereocenters. The molecule has 0 aliphatic carbocycles. The summed E-state index contributed by atoms with van der Waals surface area (Å²) in [5.74, 6) is 1.45. The Morgan fingerprint density at radius 3 is 2.74 bits per heavy atom. The van der Waals surface area contributed by atoms with E-state index in [1.165, 1.54) is 0 Å². The van der Waals surface area contributed by atoms with Gasteiger partial charge in [-0.3, -0.25) is 4.79 Å². The molecular formula is C22H24N6O3. The lowest BCUT2D eigenvalue weighted by Crippen LogP contribution is -2.31. The SMILES string of the molecule is CCCOc1ccc([C@@H]2C(C(=O)Nc3ccccc3)=C(C)Nc3nnnn32)cc1OC. The number of carbonyl (C=O) groups is 1. The number of methoxy groups -OCH3 is 1. The van der Waals surface area contributed by atoms with Crippen LogP contribution in [-0.2, 0) is 4.79 Å². The summed E-state index contributed by atoms with van der Waals surface area (Å²) in [6, 6.07) is 14.4. The smallest absolute Gasteiger partial charge is 0.255 e. The Morgan fingerprint density at radius 1 is 1.19 bits per heavy atom. The van der Waals surface area contributed by atoms with Crippen LogP contribution in [0.1, 0.15) is 31.9 Å². The predicted molar refractivity (Wildman–Crippen MR) is 116 cm³/mol. The summed E-state index contributed by atoms with van der Waals surface area (Å²) in [7, 11) is 1.59. The summed E-state index contributed by atoms with van der Waals surface area (Å²) in [5.41, 5.74) is 2.68. The van der Waals surface area contributed by atoms with E-state index >= 15 is 0 Å². The number of benzene rings is 2. The van der Waals surface area contributed by atoms with E-state index < -0.39 is 6.04 Å².